The van der Waals surface area contributed by atoms with Crippen LogP contribution in [-0.4, -0.2) is 16.2 Å². The first-order valence-electron chi connectivity index (χ1n) is 3.68. The molecule has 0 saturated heterocycles. The quantitative estimate of drug-likeness (QED) is 0.881. The highest BCUT2D eigenvalue weighted by atomic mass is 79.9. The van der Waals surface area contributed by atoms with Gasteiger partial charge in [0, 0.05) is 4.88 Å². The lowest BCUT2D eigenvalue weighted by atomic mass is 10.0. The van der Waals surface area contributed by atoms with Crippen LogP contribution in [0, 0.1) is 5.92 Å². The summed E-state index contributed by atoms with van der Waals surface area (Å²) in [6.07, 6.45) is -0.922. The van der Waals surface area contributed by atoms with Crippen molar-refractivity contribution in [1.29, 1.82) is 0 Å². The predicted octanol–water partition coefficient (Wildman–Crippen LogP) is 2.26. The number of thiophene rings is 1. The van der Waals surface area contributed by atoms with Gasteiger partial charge in [0.1, 0.15) is 6.10 Å². The molecule has 3 nitrogen and oxygen atoms in total. The minimum absolute atomic E-state index is 0.668. The zero-order valence-corrected chi connectivity index (χ0v) is 9.30. The number of carbonyl (C=O) groups is 1. The van der Waals surface area contributed by atoms with Gasteiger partial charge in [-0.1, -0.05) is 0 Å². The number of hydrogen-bond acceptors (Lipinski definition) is 3. The molecule has 1 aromatic rings. The first-order valence-corrected chi connectivity index (χ1v) is 5.29. The van der Waals surface area contributed by atoms with Crippen molar-refractivity contribution in [2.45, 2.75) is 13.0 Å². The molecule has 13 heavy (non-hydrogen) atoms. The number of hydrogen-bond donors (Lipinski definition) is 2. The third-order valence-corrected chi connectivity index (χ3v) is 3.44. The summed E-state index contributed by atoms with van der Waals surface area (Å²) in [6, 6.07) is 3.51. The van der Waals surface area contributed by atoms with E-state index in [0.717, 1.165) is 3.79 Å². The number of halogens is 1. The van der Waals surface area contributed by atoms with E-state index in [1.165, 1.54) is 18.3 Å². The molecular weight excluding hydrogens is 256 g/mol. The maximum absolute atomic E-state index is 10.6. The summed E-state index contributed by atoms with van der Waals surface area (Å²) in [4.78, 5) is 11.2. The molecule has 1 aromatic heterocycles. The van der Waals surface area contributed by atoms with Crippen molar-refractivity contribution in [2.24, 2.45) is 5.92 Å². The van der Waals surface area contributed by atoms with Crippen LogP contribution in [0.5, 0.6) is 0 Å². The van der Waals surface area contributed by atoms with Crippen molar-refractivity contribution in [1.82, 2.24) is 0 Å². The molecule has 72 valence electrons. The molecule has 5 heteroatoms. The summed E-state index contributed by atoms with van der Waals surface area (Å²) in [6.45, 7) is 1.49. The number of carboxylic acids is 1. The van der Waals surface area contributed by atoms with Gasteiger partial charge in [0.2, 0.25) is 0 Å². The Bertz CT molecular complexity index is 310. The third kappa shape index (κ3) is 2.52. The molecule has 2 unspecified atom stereocenters. The molecule has 0 aliphatic heterocycles. The van der Waals surface area contributed by atoms with Gasteiger partial charge in [0.25, 0.3) is 0 Å². The van der Waals surface area contributed by atoms with E-state index in [1.54, 1.807) is 12.1 Å². The summed E-state index contributed by atoms with van der Waals surface area (Å²) in [5, 5.41) is 18.2. The van der Waals surface area contributed by atoms with Crippen LogP contribution in [0.3, 0.4) is 0 Å². The second-order valence-electron chi connectivity index (χ2n) is 2.71. The van der Waals surface area contributed by atoms with Crippen molar-refractivity contribution in [3.05, 3.63) is 20.8 Å². The number of aliphatic carboxylic acids is 1. The Morgan fingerprint density at radius 3 is 2.62 bits per heavy atom. The van der Waals surface area contributed by atoms with E-state index in [1.807, 2.05) is 0 Å². The fraction of sp³-hybridized carbons (Fsp3) is 0.375. The zero-order chi connectivity index (χ0) is 10.0. The molecule has 0 bridgehead atoms. The molecule has 0 amide bonds. The highest BCUT2D eigenvalue weighted by molar-refractivity contribution is 9.11. The fourth-order valence-corrected chi connectivity index (χ4v) is 2.38. The van der Waals surface area contributed by atoms with E-state index >= 15 is 0 Å². The van der Waals surface area contributed by atoms with E-state index in [-0.39, 0.29) is 0 Å². The second kappa shape index (κ2) is 4.21. The molecule has 0 saturated carbocycles. The van der Waals surface area contributed by atoms with Gasteiger partial charge in [-0.05, 0) is 35.0 Å². The molecule has 2 N–H and O–H groups in total. The van der Waals surface area contributed by atoms with Crippen molar-refractivity contribution in [2.75, 3.05) is 0 Å². The van der Waals surface area contributed by atoms with Crippen molar-refractivity contribution in [3.63, 3.8) is 0 Å². The summed E-state index contributed by atoms with van der Waals surface area (Å²) < 4.78 is 0.888. The molecule has 0 spiro atoms. The van der Waals surface area contributed by atoms with Crippen LogP contribution in [0.2, 0.25) is 0 Å². The molecule has 0 aliphatic carbocycles. The van der Waals surface area contributed by atoms with E-state index in [9.17, 15) is 9.90 Å². The van der Waals surface area contributed by atoms with Gasteiger partial charge >= 0.3 is 5.97 Å². The van der Waals surface area contributed by atoms with Gasteiger partial charge in [-0.2, -0.15) is 0 Å². The summed E-state index contributed by atoms with van der Waals surface area (Å²) >= 11 is 4.59. The van der Waals surface area contributed by atoms with Crippen LogP contribution in [0.4, 0.5) is 0 Å². The van der Waals surface area contributed by atoms with Crippen LogP contribution in [0.15, 0.2) is 15.9 Å². The Hall–Kier alpha value is -0.390. The monoisotopic (exact) mass is 264 g/mol. The number of aliphatic hydroxyl groups excluding tert-OH is 1. The number of rotatable bonds is 3. The number of aliphatic hydroxyl groups is 1. The molecule has 0 fully saturated rings. The Morgan fingerprint density at radius 1 is 1.62 bits per heavy atom. The lowest BCUT2D eigenvalue weighted by molar-refractivity contribution is -0.144. The van der Waals surface area contributed by atoms with E-state index in [2.05, 4.69) is 15.9 Å². The minimum Gasteiger partial charge on any atom is -0.481 e. The molecule has 1 heterocycles. The fourth-order valence-electron chi connectivity index (χ4n) is 0.869. The van der Waals surface area contributed by atoms with Gasteiger partial charge in [-0.25, -0.2) is 0 Å². The van der Waals surface area contributed by atoms with Crippen LogP contribution < -0.4 is 0 Å². The predicted molar refractivity (Wildman–Crippen MR) is 53.8 cm³/mol. The highest BCUT2D eigenvalue weighted by Crippen LogP contribution is 2.31. The van der Waals surface area contributed by atoms with Crippen molar-refractivity contribution < 1.29 is 15.0 Å². The third-order valence-electron chi connectivity index (χ3n) is 1.75. The lowest BCUT2D eigenvalue weighted by Gasteiger charge is -2.12. The first-order chi connectivity index (χ1) is 6.02. The smallest absolute Gasteiger partial charge is 0.309 e. The Balaban J connectivity index is 2.78. The Kier molecular flexibility index (Phi) is 3.47. The summed E-state index contributed by atoms with van der Waals surface area (Å²) in [5.41, 5.74) is 0. The molecule has 1 rings (SSSR count). The van der Waals surface area contributed by atoms with Crippen LogP contribution in [-0.2, 0) is 4.79 Å². The van der Waals surface area contributed by atoms with Crippen molar-refractivity contribution in [3.8, 4) is 0 Å². The maximum atomic E-state index is 10.6. The maximum Gasteiger partial charge on any atom is 0.309 e. The minimum atomic E-state index is -0.989. The van der Waals surface area contributed by atoms with E-state index < -0.39 is 18.0 Å². The summed E-state index contributed by atoms with van der Waals surface area (Å²) in [7, 11) is 0. The molecule has 2 atom stereocenters. The normalized spacial score (nSPS) is 15.3. The van der Waals surface area contributed by atoms with E-state index in [4.69, 9.17) is 5.11 Å². The Morgan fingerprint density at radius 2 is 2.23 bits per heavy atom. The molecule has 0 radical (unpaired) electrons. The van der Waals surface area contributed by atoms with Crippen molar-refractivity contribution >= 4 is 33.2 Å². The number of carboxylic acid groups (broad SMARTS) is 1. The largest absolute Gasteiger partial charge is 0.481 e. The zero-order valence-electron chi connectivity index (χ0n) is 6.90. The molecular formula is C8H9BrO3S. The van der Waals surface area contributed by atoms with Crippen LogP contribution in [0.25, 0.3) is 0 Å². The van der Waals surface area contributed by atoms with E-state index in [0.29, 0.717) is 4.88 Å². The average Bonchev–Trinajstić information content (AvgIpc) is 2.49. The van der Waals surface area contributed by atoms with Gasteiger partial charge < -0.3 is 10.2 Å². The topological polar surface area (TPSA) is 57.5 Å². The lowest BCUT2D eigenvalue weighted by Crippen LogP contribution is -2.17. The second-order valence-corrected chi connectivity index (χ2v) is 5.21. The van der Waals surface area contributed by atoms with Gasteiger partial charge in [0.05, 0.1) is 9.70 Å². The molecule has 0 aromatic carbocycles. The first kappa shape index (κ1) is 10.7. The van der Waals surface area contributed by atoms with Crippen LogP contribution >= 0.6 is 27.3 Å². The average molecular weight is 265 g/mol. The van der Waals surface area contributed by atoms with Gasteiger partial charge in [0.15, 0.2) is 0 Å². The SMILES string of the molecule is CC(C(=O)O)C(O)c1ccc(Br)s1. The van der Waals surface area contributed by atoms with Crippen LogP contribution in [0.1, 0.15) is 17.9 Å². The Labute approximate surface area is 88.1 Å². The molecule has 0 aliphatic rings. The van der Waals surface area contributed by atoms with Gasteiger partial charge in [-0.3, -0.25) is 4.79 Å². The highest BCUT2D eigenvalue weighted by Gasteiger charge is 2.23. The summed E-state index contributed by atoms with van der Waals surface area (Å²) in [5.74, 6) is -1.76. The van der Waals surface area contributed by atoms with Gasteiger partial charge in [-0.15, -0.1) is 11.3 Å². The standard InChI is InChI=1S/C8H9BrO3S/c1-4(8(11)12)7(10)5-2-3-6(9)13-5/h2-4,7,10H,1H3,(H,11,12).